The van der Waals surface area contributed by atoms with Crippen molar-refractivity contribution in [3.05, 3.63) is 28.2 Å². The van der Waals surface area contributed by atoms with E-state index in [1.54, 1.807) is 0 Å². The molecule has 0 radical (unpaired) electrons. The molecule has 3 nitrogen and oxygen atoms in total. The molecule has 0 amide bonds. The van der Waals surface area contributed by atoms with Crippen LogP contribution in [0.5, 0.6) is 0 Å². The predicted octanol–water partition coefficient (Wildman–Crippen LogP) is 3.27. The smallest absolute Gasteiger partial charge is 0.0992 e. The van der Waals surface area contributed by atoms with Crippen molar-refractivity contribution < 1.29 is 0 Å². The van der Waals surface area contributed by atoms with Gasteiger partial charge in [-0.25, -0.2) is 0 Å². The lowest BCUT2D eigenvalue weighted by molar-refractivity contribution is 0.461. The standard InChI is InChI=1S/C15H20BrN3/c1-2-19(14-5-3-4-12(14)10-18)15-7-6-11(9-17)8-13(15)16/h6-8,12,14H,2-5,10,18H2,1H3. The maximum Gasteiger partial charge on any atom is 0.0992 e. The molecule has 1 fully saturated rings. The first-order valence-electron chi connectivity index (χ1n) is 6.87. The number of benzene rings is 1. The molecule has 0 bridgehead atoms. The molecule has 1 aliphatic rings. The second-order valence-electron chi connectivity index (χ2n) is 5.06. The van der Waals surface area contributed by atoms with Crippen molar-refractivity contribution in [2.75, 3.05) is 18.0 Å². The molecule has 0 saturated heterocycles. The van der Waals surface area contributed by atoms with Gasteiger partial charge in [0.15, 0.2) is 0 Å². The molecule has 1 aromatic carbocycles. The van der Waals surface area contributed by atoms with Gasteiger partial charge in [-0.1, -0.05) is 6.42 Å². The highest BCUT2D eigenvalue weighted by molar-refractivity contribution is 9.10. The average Bonchev–Trinajstić information content (AvgIpc) is 2.89. The van der Waals surface area contributed by atoms with E-state index in [9.17, 15) is 0 Å². The van der Waals surface area contributed by atoms with Gasteiger partial charge in [0, 0.05) is 17.1 Å². The van der Waals surface area contributed by atoms with Crippen LogP contribution in [0, 0.1) is 17.2 Å². The van der Waals surface area contributed by atoms with E-state index in [1.807, 2.05) is 18.2 Å². The van der Waals surface area contributed by atoms with E-state index in [4.69, 9.17) is 11.0 Å². The van der Waals surface area contributed by atoms with Gasteiger partial charge in [-0.05, 0) is 66.4 Å². The van der Waals surface area contributed by atoms with Gasteiger partial charge in [0.1, 0.15) is 0 Å². The summed E-state index contributed by atoms with van der Waals surface area (Å²) >= 11 is 3.59. The lowest BCUT2D eigenvalue weighted by Crippen LogP contribution is -2.40. The summed E-state index contributed by atoms with van der Waals surface area (Å²) in [7, 11) is 0. The molecule has 0 aromatic heterocycles. The van der Waals surface area contributed by atoms with Crippen LogP contribution in [0.4, 0.5) is 5.69 Å². The van der Waals surface area contributed by atoms with Gasteiger partial charge in [-0.2, -0.15) is 5.26 Å². The molecule has 0 heterocycles. The van der Waals surface area contributed by atoms with E-state index in [0.29, 0.717) is 17.5 Å². The van der Waals surface area contributed by atoms with E-state index in [1.165, 1.54) is 24.9 Å². The van der Waals surface area contributed by atoms with Crippen molar-refractivity contribution in [3.63, 3.8) is 0 Å². The summed E-state index contributed by atoms with van der Waals surface area (Å²) < 4.78 is 0.996. The fraction of sp³-hybridized carbons (Fsp3) is 0.533. The highest BCUT2D eigenvalue weighted by Gasteiger charge is 2.31. The van der Waals surface area contributed by atoms with Gasteiger partial charge in [0.25, 0.3) is 0 Å². The largest absolute Gasteiger partial charge is 0.368 e. The summed E-state index contributed by atoms with van der Waals surface area (Å²) in [6.45, 7) is 3.90. The maximum atomic E-state index is 8.94. The monoisotopic (exact) mass is 321 g/mol. The van der Waals surface area contributed by atoms with Crippen molar-refractivity contribution in [2.24, 2.45) is 11.7 Å². The summed E-state index contributed by atoms with van der Waals surface area (Å²) in [5.41, 5.74) is 7.76. The Morgan fingerprint density at radius 2 is 2.26 bits per heavy atom. The third-order valence-electron chi connectivity index (χ3n) is 4.05. The number of nitrogens with zero attached hydrogens (tertiary/aromatic N) is 2. The van der Waals surface area contributed by atoms with E-state index in [-0.39, 0.29) is 0 Å². The fourth-order valence-electron chi connectivity index (χ4n) is 3.10. The van der Waals surface area contributed by atoms with Crippen LogP contribution in [0.15, 0.2) is 22.7 Å². The normalized spacial score (nSPS) is 22.2. The Hall–Kier alpha value is -1.05. The number of hydrogen-bond acceptors (Lipinski definition) is 3. The van der Waals surface area contributed by atoms with Crippen molar-refractivity contribution in [3.8, 4) is 6.07 Å². The topological polar surface area (TPSA) is 53.0 Å². The number of anilines is 1. The Kier molecular flexibility index (Phi) is 4.84. The highest BCUT2D eigenvalue weighted by atomic mass is 79.9. The summed E-state index contributed by atoms with van der Waals surface area (Å²) in [6.07, 6.45) is 3.70. The van der Waals surface area contributed by atoms with Crippen molar-refractivity contribution in [1.82, 2.24) is 0 Å². The van der Waals surface area contributed by atoms with Crippen LogP contribution < -0.4 is 10.6 Å². The first kappa shape index (κ1) is 14.4. The lowest BCUT2D eigenvalue weighted by atomic mass is 10.0. The first-order valence-corrected chi connectivity index (χ1v) is 7.67. The van der Waals surface area contributed by atoms with E-state index < -0.39 is 0 Å². The highest BCUT2D eigenvalue weighted by Crippen LogP contribution is 2.36. The number of hydrogen-bond donors (Lipinski definition) is 1. The van der Waals surface area contributed by atoms with Crippen molar-refractivity contribution in [1.29, 1.82) is 5.26 Å². The third-order valence-corrected chi connectivity index (χ3v) is 4.68. The van der Waals surface area contributed by atoms with Gasteiger partial charge < -0.3 is 10.6 Å². The predicted molar refractivity (Wildman–Crippen MR) is 82.1 cm³/mol. The molecule has 2 atom stereocenters. The van der Waals surface area contributed by atoms with Crippen LogP contribution in [0.1, 0.15) is 31.7 Å². The fourth-order valence-corrected chi connectivity index (χ4v) is 3.70. The zero-order chi connectivity index (χ0) is 13.8. The van der Waals surface area contributed by atoms with Gasteiger partial charge >= 0.3 is 0 Å². The molecule has 4 heteroatoms. The molecule has 19 heavy (non-hydrogen) atoms. The Morgan fingerprint density at radius 3 is 2.84 bits per heavy atom. The van der Waals surface area contributed by atoms with E-state index >= 15 is 0 Å². The molecule has 2 unspecified atom stereocenters. The molecule has 0 aliphatic heterocycles. The SMILES string of the molecule is CCN(c1ccc(C#N)cc1Br)C1CCCC1CN. The van der Waals surface area contributed by atoms with Crippen molar-refractivity contribution >= 4 is 21.6 Å². The lowest BCUT2D eigenvalue weighted by Gasteiger charge is -2.34. The first-order chi connectivity index (χ1) is 9.21. The zero-order valence-corrected chi connectivity index (χ0v) is 12.9. The van der Waals surface area contributed by atoms with Gasteiger partial charge in [0.05, 0.1) is 17.3 Å². The molecule has 1 saturated carbocycles. The van der Waals surface area contributed by atoms with Crippen LogP contribution in [0.3, 0.4) is 0 Å². The Bertz CT molecular complexity index is 481. The minimum Gasteiger partial charge on any atom is -0.368 e. The Labute approximate surface area is 123 Å². The van der Waals surface area contributed by atoms with Crippen LogP contribution in [-0.4, -0.2) is 19.1 Å². The summed E-state index contributed by atoms with van der Waals surface area (Å²) in [5, 5.41) is 8.94. The second-order valence-corrected chi connectivity index (χ2v) is 5.91. The van der Waals surface area contributed by atoms with Crippen LogP contribution in [-0.2, 0) is 0 Å². The molecule has 1 aromatic rings. The molecule has 2 N–H and O–H groups in total. The minimum atomic E-state index is 0.527. The van der Waals surface area contributed by atoms with E-state index in [2.05, 4.69) is 33.8 Å². The molecule has 1 aliphatic carbocycles. The van der Waals surface area contributed by atoms with Crippen LogP contribution in [0.2, 0.25) is 0 Å². The molecule has 2 rings (SSSR count). The summed E-state index contributed by atoms with van der Waals surface area (Å²) in [5.74, 6) is 0.586. The quantitative estimate of drug-likeness (QED) is 0.925. The number of halogens is 1. The Morgan fingerprint density at radius 1 is 1.47 bits per heavy atom. The van der Waals surface area contributed by atoms with Gasteiger partial charge in [-0.3, -0.25) is 0 Å². The average molecular weight is 322 g/mol. The van der Waals surface area contributed by atoms with Gasteiger partial charge in [-0.15, -0.1) is 0 Å². The maximum absolute atomic E-state index is 8.94. The van der Waals surface area contributed by atoms with Crippen LogP contribution in [0.25, 0.3) is 0 Å². The molecular formula is C15H20BrN3. The van der Waals surface area contributed by atoms with E-state index in [0.717, 1.165) is 17.6 Å². The number of nitriles is 1. The third kappa shape index (κ3) is 2.93. The number of nitrogens with two attached hydrogens (primary N) is 1. The Balaban J connectivity index is 2.29. The molecule has 102 valence electrons. The number of rotatable bonds is 4. The molecular weight excluding hydrogens is 302 g/mol. The van der Waals surface area contributed by atoms with Crippen molar-refractivity contribution in [2.45, 2.75) is 32.2 Å². The van der Waals surface area contributed by atoms with Crippen LogP contribution >= 0.6 is 15.9 Å². The molecule has 0 spiro atoms. The minimum absolute atomic E-state index is 0.527. The summed E-state index contributed by atoms with van der Waals surface area (Å²) in [4.78, 5) is 2.43. The zero-order valence-electron chi connectivity index (χ0n) is 11.3. The second kappa shape index (κ2) is 6.40. The van der Waals surface area contributed by atoms with Gasteiger partial charge in [0.2, 0.25) is 0 Å². The summed E-state index contributed by atoms with van der Waals surface area (Å²) in [6, 6.07) is 8.52.